The van der Waals surface area contributed by atoms with E-state index in [1.807, 2.05) is 72.1 Å². The summed E-state index contributed by atoms with van der Waals surface area (Å²) in [6.45, 7) is 2.00. The molecule has 1 saturated carbocycles. The zero-order valence-corrected chi connectivity index (χ0v) is 20.9. The summed E-state index contributed by atoms with van der Waals surface area (Å²) < 4.78 is 8.13. The van der Waals surface area contributed by atoms with Gasteiger partial charge in [-0.15, -0.1) is 0 Å². The van der Waals surface area contributed by atoms with Crippen LogP contribution in [-0.4, -0.2) is 26.4 Å². The predicted molar refractivity (Wildman–Crippen MR) is 144 cm³/mol. The minimum Gasteiger partial charge on any atom is -0.478 e. The molecule has 1 N–H and O–H groups in total. The van der Waals surface area contributed by atoms with Gasteiger partial charge in [-0.05, 0) is 66.3 Å². The van der Waals surface area contributed by atoms with Crippen molar-refractivity contribution in [3.63, 3.8) is 0 Å². The molecule has 0 spiro atoms. The lowest BCUT2D eigenvalue weighted by atomic mass is 9.94. The Bertz CT molecular complexity index is 1650. The largest absolute Gasteiger partial charge is 0.478 e. The number of aryl methyl sites for hydroxylation is 1. The predicted octanol–water partition coefficient (Wildman–Crippen LogP) is 6.83. The van der Waals surface area contributed by atoms with Crippen molar-refractivity contribution in [3.8, 4) is 11.1 Å². The molecule has 0 amide bonds. The molecule has 1 unspecified atom stereocenters. The van der Waals surface area contributed by atoms with E-state index in [-0.39, 0.29) is 5.56 Å². The summed E-state index contributed by atoms with van der Waals surface area (Å²) in [5.74, 6) is -1.08. The highest BCUT2D eigenvalue weighted by Gasteiger charge is 2.29. The Hall–Kier alpha value is -4.71. The first-order chi connectivity index (χ1) is 18.5. The van der Waals surface area contributed by atoms with E-state index in [0.717, 1.165) is 35.3 Å². The van der Waals surface area contributed by atoms with E-state index in [1.54, 1.807) is 36.4 Å². The van der Waals surface area contributed by atoms with Gasteiger partial charge in [0.2, 0.25) is 0 Å². The molecular formula is C32H26N2O4. The Balaban J connectivity index is 1.51. The zero-order chi connectivity index (χ0) is 26.2. The molecule has 5 aromatic rings. The smallest absolute Gasteiger partial charge is 0.339 e. The van der Waals surface area contributed by atoms with Gasteiger partial charge in [-0.25, -0.2) is 14.6 Å². The van der Waals surface area contributed by atoms with E-state index in [9.17, 15) is 14.7 Å². The van der Waals surface area contributed by atoms with Crippen LogP contribution in [0.2, 0.25) is 0 Å². The highest BCUT2D eigenvalue weighted by molar-refractivity contribution is 5.96. The lowest BCUT2D eigenvalue weighted by Gasteiger charge is -2.22. The summed E-state index contributed by atoms with van der Waals surface area (Å²) in [7, 11) is 0. The normalized spacial score (nSPS) is 13.8. The Labute approximate surface area is 220 Å². The number of hydrogen-bond acceptors (Lipinski definition) is 4. The number of carboxylic acids is 1. The van der Waals surface area contributed by atoms with E-state index >= 15 is 0 Å². The van der Waals surface area contributed by atoms with Crippen LogP contribution in [0.4, 0.5) is 0 Å². The topological polar surface area (TPSA) is 80.9 Å². The van der Waals surface area contributed by atoms with E-state index in [2.05, 4.69) is 0 Å². The number of fused-ring (bicyclic) bond motifs is 1. The summed E-state index contributed by atoms with van der Waals surface area (Å²) in [5, 5.41) is 10.1. The van der Waals surface area contributed by atoms with Crippen molar-refractivity contribution in [3.05, 3.63) is 131 Å². The number of aromatic carboxylic acids is 1. The van der Waals surface area contributed by atoms with Crippen LogP contribution in [0.1, 0.15) is 68.1 Å². The van der Waals surface area contributed by atoms with Crippen molar-refractivity contribution in [2.24, 2.45) is 0 Å². The van der Waals surface area contributed by atoms with E-state index in [0.29, 0.717) is 28.3 Å². The number of pyridine rings is 1. The number of imidazole rings is 1. The number of ether oxygens (including phenoxy) is 1. The minimum absolute atomic E-state index is 0.141. The highest BCUT2D eigenvalue weighted by atomic mass is 16.5. The van der Waals surface area contributed by atoms with Crippen molar-refractivity contribution >= 4 is 17.6 Å². The average molecular weight is 503 g/mol. The number of hydrogen-bond donors (Lipinski definition) is 1. The number of carbonyl (C=O) groups is 2. The van der Waals surface area contributed by atoms with Gasteiger partial charge in [0.25, 0.3) is 0 Å². The molecular weight excluding hydrogens is 476 g/mol. The van der Waals surface area contributed by atoms with Crippen LogP contribution in [0.5, 0.6) is 0 Å². The maximum Gasteiger partial charge on any atom is 0.339 e. The van der Waals surface area contributed by atoms with E-state index in [1.165, 1.54) is 0 Å². The summed E-state index contributed by atoms with van der Waals surface area (Å²) in [6.07, 6.45) is 3.41. The van der Waals surface area contributed by atoms with Gasteiger partial charge in [0.15, 0.2) is 6.10 Å². The Morgan fingerprint density at radius 3 is 2.34 bits per heavy atom. The number of rotatable bonds is 7. The van der Waals surface area contributed by atoms with Crippen LogP contribution >= 0.6 is 0 Å². The Kier molecular flexibility index (Phi) is 6.00. The first kappa shape index (κ1) is 23.7. The van der Waals surface area contributed by atoms with Crippen molar-refractivity contribution in [2.75, 3.05) is 0 Å². The monoisotopic (exact) mass is 502 g/mol. The van der Waals surface area contributed by atoms with Gasteiger partial charge in [0, 0.05) is 12.1 Å². The molecule has 0 radical (unpaired) electrons. The van der Waals surface area contributed by atoms with Crippen LogP contribution < -0.4 is 0 Å². The summed E-state index contributed by atoms with van der Waals surface area (Å²) in [5.41, 5.74) is 6.09. The molecule has 1 aliphatic rings. The van der Waals surface area contributed by atoms with Gasteiger partial charge in [-0.1, -0.05) is 66.7 Å². The fourth-order valence-electron chi connectivity index (χ4n) is 4.85. The summed E-state index contributed by atoms with van der Waals surface area (Å²) >= 11 is 0. The molecule has 0 bridgehead atoms. The second-order valence-corrected chi connectivity index (χ2v) is 9.70. The van der Waals surface area contributed by atoms with Gasteiger partial charge in [-0.2, -0.15) is 0 Å². The zero-order valence-electron chi connectivity index (χ0n) is 20.9. The van der Waals surface area contributed by atoms with Crippen LogP contribution in [0.15, 0.2) is 97.2 Å². The third-order valence-corrected chi connectivity index (χ3v) is 7.02. The summed E-state index contributed by atoms with van der Waals surface area (Å²) in [6, 6.07) is 27.3. The molecule has 6 nitrogen and oxygen atoms in total. The fourth-order valence-corrected chi connectivity index (χ4v) is 4.85. The molecule has 3 aromatic carbocycles. The fraction of sp³-hybridized carbons (Fsp3) is 0.156. The molecule has 1 fully saturated rings. The maximum atomic E-state index is 13.3. The molecule has 38 heavy (non-hydrogen) atoms. The molecule has 1 atom stereocenters. The molecule has 0 saturated heterocycles. The van der Waals surface area contributed by atoms with Crippen molar-refractivity contribution < 1.29 is 19.4 Å². The van der Waals surface area contributed by atoms with Gasteiger partial charge in [-0.3, -0.25) is 4.40 Å². The summed E-state index contributed by atoms with van der Waals surface area (Å²) in [4.78, 5) is 30.5. The quantitative estimate of drug-likeness (QED) is 0.247. The first-order valence-corrected chi connectivity index (χ1v) is 12.7. The third-order valence-electron chi connectivity index (χ3n) is 7.02. The Morgan fingerprint density at radius 1 is 0.947 bits per heavy atom. The number of benzene rings is 3. The molecule has 6 rings (SSSR count). The van der Waals surface area contributed by atoms with Gasteiger partial charge >= 0.3 is 11.9 Å². The third kappa shape index (κ3) is 4.45. The number of carboxylic acid groups (broad SMARTS) is 1. The molecule has 188 valence electrons. The lowest BCUT2D eigenvalue weighted by molar-refractivity contribution is 0.0368. The van der Waals surface area contributed by atoms with Crippen LogP contribution in [0, 0.1) is 6.92 Å². The standard InChI is InChI=1S/C32H26N2O4/c1-20-12-17-28(34-19-27(22-13-14-22)33-30(20)34)29(38-32(37)23-10-6-3-7-11-23)24-15-16-25(26(18-24)31(35)36)21-8-4-2-5-9-21/h2-12,15-19,22,29H,13-14H2,1H3,(H,35,36). The van der Waals surface area contributed by atoms with Crippen LogP contribution in [0.25, 0.3) is 16.8 Å². The van der Waals surface area contributed by atoms with Crippen molar-refractivity contribution in [2.45, 2.75) is 31.8 Å². The van der Waals surface area contributed by atoms with Gasteiger partial charge in [0.05, 0.1) is 22.5 Å². The van der Waals surface area contributed by atoms with E-state index in [4.69, 9.17) is 9.72 Å². The van der Waals surface area contributed by atoms with Crippen molar-refractivity contribution in [1.82, 2.24) is 9.38 Å². The molecule has 1 aliphatic carbocycles. The molecule has 2 aromatic heterocycles. The SMILES string of the molecule is Cc1ccc(C(OC(=O)c2ccccc2)c2ccc(-c3ccccc3)c(C(=O)O)c2)n2cc(C3CC3)nc12. The van der Waals surface area contributed by atoms with Crippen LogP contribution in [0.3, 0.4) is 0 Å². The highest BCUT2D eigenvalue weighted by Crippen LogP contribution is 2.40. The van der Waals surface area contributed by atoms with Gasteiger partial charge in [0.1, 0.15) is 5.65 Å². The first-order valence-electron chi connectivity index (χ1n) is 12.7. The van der Waals surface area contributed by atoms with Crippen LogP contribution in [-0.2, 0) is 4.74 Å². The number of nitrogens with zero attached hydrogens (tertiary/aromatic N) is 2. The molecule has 6 heteroatoms. The molecule has 2 heterocycles. The lowest BCUT2D eigenvalue weighted by Crippen LogP contribution is -2.16. The van der Waals surface area contributed by atoms with E-state index < -0.39 is 18.0 Å². The maximum absolute atomic E-state index is 13.3. The second-order valence-electron chi connectivity index (χ2n) is 9.70. The number of aromatic nitrogens is 2. The Morgan fingerprint density at radius 2 is 1.66 bits per heavy atom. The van der Waals surface area contributed by atoms with Crippen molar-refractivity contribution in [1.29, 1.82) is 0 Å². The number of esters is 1. The number of carbonyl (C=O) groups excluding carboxylic acids is 1. The molecule has 0 aliphatic heterocycles. The average Bonchev–Trinajstić information content (AvgIpc) is 3.70. The second kappa shape index (κ2) is 9.63. The van der Waals surface area contributed by atoms with Gasteiger partial charge < -0.3 is 9.84 Å². The minimum atomic E-state index is -1.05.